The molecule has 1 aromatic rings. The van der Waals surface area contributed by atoms with Crippen LogP contribution in [-0.2, 0) is 4.74 Å². The maximum Gasteiger partial charge on any atom is 0.255 e. The predicted molar refractivity (Wildman–Crippen MR) is 78.0 cm³/mol. The lowest BCUT2D eigenvalue weighted by Crippen LogP contribution is -2.47. The van der Waals surface area contributed by atoms with E-state index in [2.05, 4.69) is 21.2 Å². The lowest BCUT2D eigenvalue weighted by Gasteiger charge is -2.26. The van der Waals surface area contributed by atoms with Crippen molar-refractivity contribution in [1.82, 2.24) is 5.32 Å². The summed E-state index contributed by atoms with van der Waals surface area (Å²) in [7, 11) is 1.51. The monoisotopic (exact) mass is 343 g/mol. The van der Waals surface area contributed by atoms with E-state index in [-0.39, 0.29) is 18.6 Å². The zero-order chi connectivity index (χ0) is 14.8. The fourth-order valence-electron chi connectivity index (χ4n) is 2.18. The van der Waals surface area contributed by atoms with Crippen LogP contribution in [0.1, 0.15) is 23.7 Å². The third-order valence-electron chi connectivity index (χ3n) is 3.62. The second kappa shape index (κ2) is 6.11. The molecule has 2 rings (SSSR count). The van der Waals surface area contributed by atoms with Crippen molar-refractivity contribution in [2.24, 2.45) is 0 Å². The van der Waals surface area contributed by atoms with Crippen LogP contribution in [0.15, 0.2) is 22.7 Å². The van der Waals surface area contributed by atoms with E-state index in [0.717, 1.165) is 4.47 Å². The maximum atomic E-state index is 12.2. The minimum atomic E-state index is -1.00. The Hall–Kier alpha value is -1.11. The number of benzene rings is 1. The van der Waals surface area contributed by atoms with Gasteiger partial charge in [-0.15, -0.1) is 0 Å². The van der Waals surface area contributed by atoms with E-state index >= 15 is 0 Å². The highest BCUT2D eigenvalue weighted by atomic mass is 79.9. The molecule has 0 radical (unpaired) electrons. The smallest absolute Gasteiger partial charge is 0.255 e. The molecule has 0 saturated carbocycles. The van der Waals surface area contributed by atoms with Gasteiger partial charge in [0.15, 0.2) is 0 Å². The quantitative estimate of drug-likeness (QED) is 0.873. The molecule has 20 heavy (non-hydrogen) atoms. The molecule has 2 unspecified atom stereocenters. The Balaban J connectivity index is 2.05. The molecular formula is C14H18BrNO4. The van der Waals surface area contributed by atoms with Crippen LogP contribution in [0.3, 0.4) is 0 Å². The highest BCUT2D eigenvalue weighted by Gasteiger charge is 2.39. The number of rotatable bonds is 4. The van der Waals surface area contributed by atoms with Crippen LogP contribution in [0.2, 0.25) is 0 Å². The zero-order valence-corrected chi connectivity index (χ0v) is 13.1. The van der Waals surface area contributed by atoms with Crippen LogP contribution in [0, 0.1) is 0 Å². The van der Waals surface area contributed by atoms with Crippen LogP contribution < -0.4 is 10.1 Å². The molecular weight excluding hydrogens is 326 g/mol. The van der Waals surface area contributed by atoms with Crippen molar-refractivity contribution in [1.29, 1.82) is 0 Å². The first-order valence-corrected chi connectivity index (χ1v) is 7.21. The summed E-state index contributed by atoms with van der Waals surface area (Å²) in [6.45, 7) is 2.47. The Morgan fingerprint density at radius 1 is 1.65 bits per heavy atom. The Bertz CT molecular complexity index is 508. The van der Waals surface area contributed by atoms with Crippen molar-refractivity contribution in [2.75, 3.05) is 20.3 Å². The lowest BCUT2D eigenvalue weighted by atomic mass is 9.96. The van der Waals surface area contributed by atoms with E-state index in [1.165, 1.54) is 7.11 Å². The number of amides is 1. The first-order valence-electron chi connectivity index (χ1n) is 6.42. The standard InChI is InChI=1S/C14H18BrNO4/c1-9-14(18,5-6-20-9)8-16-13(17)11-4-3-10(15)7-12(11)19-2/h3-4,7,9,18H,5-6,8H2,1-2H3,(H,16,17). The molecule has 1 saturated heterocycles. The summed E-state index contributed by atoms with van der Waals surface area (Å²) in [6, 6.07) is 5.18. The molecule has 1 fully saturated rings. The number of aliphatic hydroxyl groups is 1. The van der Waals surface area contributed by atoms with Crippen molar-refractivity contribution in [3.63, 3.8) is 0 Å². The van der Waals surface area contributed by atoms with Crippen molar-refractivity contribution in [3.8, 4) is 5.75 Å². The van der Waals surface area contributed by atoms with Gasteiger partial charge in [0.05, 0.1) is 18.8 Å². The van der Waals surface area contributed by atoms with E-state index < -0.39 is 5.60 Å². The first kappa shape index (κ1) is 15.3. The first-order chi connectivity index (χ1) is 9.46. The average Bonchev–Trinajstić information content (AvgIpc) is 2.76. The SMILES string of the molecule is COc1cc(Br)ccc1C(=O)NCC1(O)CCOC1C. The molecule has 1 aliphatic heterocycles. The molecule has 0 aliphatic carbocycles. The summed E-state index contributed by atoms with van der Waals surface area (Å²) in [5.41, 5.74) is -0.566. The van der Waals surface area contributed by atoms with Gasteiger partial charge in [0.25, 0.3) is 5.91 Å². The van der Waals surface area contributed by atoms with Crippen molar-refractivity contribution >= 4 is 21.8 Å². The van der Waals surface area contributed by atoms with Crippen molar-refractivity contribution in [3.05, 3.63) is 28.2 Å². The molecule has 0 bridgehead atoms. The fraction of sp³-hybridized carbons (Fsp3) is 0.500. The van der Waals surface area contributed by atoms with E-state index in [1.807, 2.05) is 0 Å². The number of ether oxygens (including phenoxy) is 2. The molecule has 6 heteroatoms. The molecule has 0 aromatic heterocycles. The summed E-state index contributed by atoms with van der Waals surface area (Å²) in [4.78, 5) is 12.2. The highest BCUT2D eigenvalue weighted by molar-refractivity contribution is 9.10. The second-order valence-corrected chi connectivity index (χ2v) is 5.81. The molecule has 1 amide bonds. The number of methoxy groups -OCH3 is 1. The number of hydrogen-bond donors (Lipinski definition) is 2. The van der Waals surface area contributed by atoms with Gasteiger partial charge in [-0.25, -0.2) is 0 Å². The largest absolute Gasteiger partial charge is 0.496 e. The summed E-state index contributed by atoms with van der Waals surface area (Å²) in [6.07, 6.45) is 0.237. The summed E-state index contributed by atoms with van der Waals surface area (Å²) in [5, 5.41) is 13.1. The van der Waals surface area contributed by atoms with Crippen LogP contribution in [0.25, 0.3) is 0 Å². The van der Waals surface area contributed by atoms with E-state index in [9.17, 15) is 9.90 Å². The van der Waals surface area contributed by atoms with E-state index in [0.29, 0.717) is 24.3 Å². The van der Waals surface area contributed by atoms with Gasteiger partial charge in [0.1, 0.15) is 11.4 Å². The molecule has 1 aliphatic rings. The minimum absolute atomic E-state index is 0.159. The van der Waals surface area contributed by atoms with Gasteiger partial charge in [-0.2, -0.15) is 0 Å². The topological polar surface area (TPSA) is 67.8 Å². The van der Waals surface area contributed by atoms with Crippen LogP contribution >= 0.6 is 15.9 Å². The average molecular weight is 344 g/mol. The van der Waals surface area contributed by atoms with Gasteiger partial charge in [-0.05, 0) is 25.1 Å². The number of halogens is 1. The fourth-order valence-corrected chi connectivity index (χ4v) is 2.52. The number of carbonyl (C=O) groups excluding carboxylic acids is 1. The second-order valence-electron chi connectivity index (χ2n) is 4.89. The zero-order valence-electron chi connectivity index (χ0n) is 11.5. The Kier molecular flexibility index (Phi) is 4.67. The minimum Gasteiger partial charge on any atom is -0.496 e. The summed E-state index contributed by atoms with van der Waals surface area (Å²) >= 11 is 3.33. The third-order valence-corrected chi connectivity index (χ3v) is 4.12. The summed E-state index contributed by atoms with van der Waals surface area (Å²) in [5.74, 6) is 0.210. The van der Waals surface area contributed by atoms with Gasteiger partial charge in [-0.1, -0.05) is 15.9 Å². The van der Waals surface area contributed by atoms with Gasteiger partial charge in [0.2, 0.25) is 0 Å². The van der Waals surface area contributed by atoms with Gasteiger partial charge < -0.3 is 19.9 Å². The Morgan fingerprint density at radius 2 is 2.40 bits per heavy atom. The van der Waals surface area contributed by atoms with Crippen molar-refractivity contribution in [2.45, 2.75) is 25.0 Å². The molecule has 2 atom stereocenters. The van der Waals surface area contributed by atoms with Gasteiger partial charge in [0, 0.05) is 24.0 Å². The molecule has 110 valence electrons. The number of carbonyl (C=O) groups is 1. The predicted octanol–water partition coefficient (Wildman–Crippen LogP) is 1.73. The van der Waals surface area contributed by atoms with Gasteiger partial charge >= 0.3 is 0 Å². The van der Waals surface area contributed by atoms with E-state index in [4.69, 9.17) is 9.47 Å². The third kappa shape index (κ3) is 3.13. The normalized spacial score (nSPS) is 25.5. The molecule has 0 spiro atoms. The molecule has 1 aromatic carbocycles. The Morgan fingerprint density at radius 3 is 3.00 bits per heavy atom. The van der Waals surface area contributed by atoms with Crippen LogP contribution in [0.5, 0.6) is 5.75 Å². The summed E-state index contributed by atoms with van der Waals surface area (Å²) < 4.78 is 11.4. The van der Waals surface area contributed by atoms with Crippen molar-refractivity contribution < 1.29 is 19.4 Å². The number of hydrogen-bond acceptors (Lipinski definition) is 4. The van der Waals surface area contributed by atoms with E-state index in [1.54, 1.807) is 25.1 Å². The Labute approximate surface area is 126 Å². The lowest BCUT2D eigenvalue weighted by molar-refractivity contribution is -0.0251. The molecule has 2 N–H and O–H groups in total. The van der Waals surface area contributed by atoms with Gasteiger partial charge in [-0.3, -0.25) is 4.79 Å². The molecule has 1 heterocycles. The maximum absolute atomic E-state index is 12.2. The van der Waals surface area contributed by atoms with Crippen LogP contribution in [-0.4, -0.2) is 43.0 Å². The highest BCUT2D eigenvalue weighted by Crippen LogP contribution is 2.26. The van der Waals surface area contributed by atoms with Crippen LogP contribution in [0.4, 0.5) is 0 Å². The number of nitrogens with one attached hydrogen (secondary N) is 1. The molecule has 5 nitrogen and oxygen atoms in total.